The summed E-state index contributed by atoms with van der Waals surface area (Å²) < 4.78 is 20.7. The van der Waals surface area contributed by atoms with Gasteiger partial charge in [0.05, 0.1) is 39.6 Å². The molecule has 2 atom stereocenters. The standard InChI is InChI=1S/C24H29NO7/c1-17(23(27)30-3)13-22(26)21(16-31-14-19-9-11-20(29-2)12-10-19)25-24(28)32-15-18-7-5-4-6-8-18/h4-12,21-22,26H,1,13-16H2,2-3H3,(H,25,28)/t21-,22+/m0/s1. The second-order valence-electron chi connectivity index (χ2n) is 7.04. The van der Waals surface area contributed by atoms with Crippen LogP contribution in [0.5, 0.6) is 5.75 Å². The highest BCUT2D eigenvalue weighted by Gasteiger charge is 2.25. The maximum atomic E-state index is 12.3. The fraction of sp³-hybridized carbons (Fsp3) is 0.333. The molecule has 0 bridgehead atoms. The van der Waals surface area contributed by atoms with Gasteiger partial charge in [-0.3, -0.25) is 0 Å². The van der Waals surface area contributed by atoms with Gasteiger partial charge in [0.1, 0.15) is 12.4 Å². The summed E-state index contributed by atoms with van der Waals surface area (Å²) in [4.78, 5) is 23.9. The van der Waals surface area contributed by atoms with Gasteiger partial charge in [0.2, 0.25) is 0 Å². The summed E-state index contributed by atoms with van der Waals surface area (Å²) in [6, 6.07) is 15.7. The van der Waals surface area contributed by atoms with Crippen LogP contribution in [-0.2, 0) is 32.2 Å². The van der Waals surface area contributed by atoms with E-state index in [1.165, 1.54) is 7.11 Å². The average molecular weight is 443 g/mol. The Morgan fingerprint density at radius 3 is 2.28 bits per heavy atom. The Balaban J connectivity index is 1.94. The zero-order valence-corrected chi connectivity index (χ0v) is 18.3. The lowest BCUT2D eigenvalue weighted by molar-refractivity contribution is -0.136. The Morgan fingerprint density at radius 1 is 1.00 bits per heavy atom. The van der Waals surface area contributed by atoms with Gasteiger partial charge < -0.3 is 29.4 Å². The number of nitrogens with one attached hydrogen (secondary N) is 1. The van der Waals surface area contributed by atoms with E-state index >= 15 is 0 Å². The van der Waals surface area contributed by atoms with E-state index in [0.29, 0.717) is 0 Å². The SMILES string of the molecule is C=C(C[C@@H](O)[C@H](COCc1ccc(OC)cc1)NC(=O)OCc1ccccc1)C(=O)OC. The van der Waals surface area contributed by atoms with E-state index in [1.807, 2.05) is 54.6 Å². The van der Waals surface area contributed by atoms with E-state index in [1.54, 1.807) is 7.11 Å². The number of ether oxygens (including phenoxy) is 4. The molecular formula is C24H29NO7. The molecule has 0 fully saturated rings. The third-order valence-corrected chi connectivity index (χ3v) is 4.64. The molecule has 2 N–H and O–H groups in total. The first-order valence-electron chi connectivity index (χ1n) is 10.0. The van der Waals surface area contributed by atoms with Crippen LogP contribution in [0, 0.1) is 0 Å². The lowest BCUT2D eigenvalue weighted by Crippen LogP contribution is -2.47. The second-order valence-corrected chi connectivity index (χ2v) is 7.04. The number of amides is 1. The Bertz CT molecular complexity index is 868. The molecule has 0 saturated carbocycles. The molecule has 2 aromatic rings. The van der Waals surface area contributed by atoms with E-state index in [4.69, 9.17) is 14.2 Å². The largest absolute Gasteiger partial charge is 0.497 e. The lowest BCUT2D eigenvalue weighted by atomic mass is 10.0. The van der Waals surface area contributed by atoms with Gasteiger partial charge in [-0.05, 0) is 23.3 Å². The van der Waals surface area contributed by atoms with Crippen molar-refractivity contribution in [2.75, 3.05) is 20.8 Å². The number of methoxy groups -OCH3 is 2. The average Bonchev–Trinajstić information content (AvgIpc) is 2.82. The molecule has 0 unspecified atom stereocenters. The summed E-state index contributed by atoms with van der Waals surface area (Å²) in [7, 11) is 2.82. The van der Waals surface area contributed by atoms with Gasteiger partial charge >= 0.3 is 12.1 Å². The highest BCUT2D eigenvalue weighted by atomic mass is 16.5. The van der Waals surface area contributed by atoms with Crippen molar-refractivity contribution >= 4 is 12.1 Å². The van der Waals surface area contributed by atoms with Crippen molar-refractivity contribution in [1.82, 2.24) is 5.32 Å². The minimum atomic E-state index is -1.14. The Morgan fingerprint density at radius 2 is 1.66 bits per heavy atom. The van der Waals surface area contributed by atoms with Gasteiger partial charge in [0.25, 0.3) is 0 Å². The molecule has 0 spiro atoms. The Kier molecular flexibility index (Phi) is 10.2. The molecular weight excluding hydrogens is 414 g/mol. The van der Waals surface area contributed by atoms with Crippen LogP contribution in [0.4, 0.5) is 4.79 Å². The number of carbonyl (C=O) groups is 2. The van der Waals surface area contributed by atoms with E-state index in [9.17, 15) is 14.7 Å². The van der Waals surface area contributed by atoms with Crippen LogP contribution >= 0.6 is 0 Å². The van der Waals surface area contributed by atoms with E-state index in [0.717, 1.165) is 16.9 Å². The predicted octanol–water partition coefficient (Wildman–Crippen LogP) is 2.99. The number of aliphatic hydroxyl groups excluding tert-OH is 1. The van der Waals surface area contributed by atoms with E-state index in [2.05, 4.69) is 16.6 Å². The number of rotatable bonds is 12. The first-order valence-corrected chi connectivity index (χ1v) is 10.0. The molecule has 8 heteroatoms. The monoisotopic (exact) mass is 443 g/mol. The number of esters is 1. The number of hydrogen-bond acceptors (Lipinski definition) is 7. The normalized spacial score (nSPS) is 12.3. The van der Waals surface area contributed by atoms with Crippen molar-refractivity contribution in [2.24, 2.45) is 0 Å². The topological polar surface area (TPSA) is 103 Å². The number of benzene rings is 2. The van der Waals surface area contributed by atoms with Gasteiger partial charge in [-0.1, -0.05) is 49.0 Å². The minimum Gasteiger partial charge on any atom is -0.497 e. The summed E-state index contributed by atoms with van der Waals surface area (Å²) in [5, 5.41) is 13.2. The zero-order valence-electron chi connectivity index (χ0n) is 18.3. The van der Waals surface area contributed by atoms with Crippen LogP contribution < -0.4 is 10.1 Å². The molecule has 0 aliphatic rings. The highest BCUT2D eigenvalue weighted by Crippen LogP contribution is 2.14. The summed E-state index contributed by atoms with van der Waals surface area (Å²) in [5.41, 5.74) is 1.80. The van der Waals surface area contributed by atoms with Crippen molar-refractivity contribution in [2.45, 2.75) is 31.8 Å². The molecule has 8 nitrogen and oxygen atoms in total. The van der Waals surface area contributed by atoms with Crippen molar-refractivity contribution < 1.29 is 33.6 Å². The predicted molar refractivity (Wildman–Crippen MR) is 118 cm³/mol. The number of carbonyl (C=O) groups excluding carboxylic acids is 2. The summed E-state index contributed by atoms with van der Waals surface area (Å²) in [6.07, 6.45) is -1.95. The fourth-order valence-electron chi connectivity index (χ4n) is 2.81. The molecule has 2 aromatic carbocycles. The maximum Gasteiger partial charge on any atom is 0.407 e. The summed E-state index contributed by atoms with van der Waals surface area (Å²) in [6.45, 7) is 3.94. The van der Waals surface area contributed by atoms with Gasteiger partial charge in [-0.25, -0.2) is 9.59 Å². The molecule has 172 valence electrons. The molecule has 32 heavy (non-hydrogen) atoms. The molecule has 2 rings (SSSR count). The van der Waals surface area contributed by atoms with Gasteiger partial charge in [-0.2, -0.15) is 0 Å². The maximum absolute atomic E-state index is 12.3. The third kappa shape index (κ3) is 8.41. The van der Waals surface area contributed by atoms with Crippen LogP contribution in [0.1, 0.15) is 17.5 Å². The third-order valence-electron chi connectivity index (χ3n) is 4.64. The van der Waals surface area contributed by atoms with Crippen LogP contribution in [0.3, 0.4) is 0 Å². The van der Waals surface area contributed by atoms with Gasteiger partial charge in [0, 0.05) is 12.0 Å². The van der Waals surface area contributed by atoms with Crippen LogP contribution in [0.15, 0.2) is 66.7 Å². The van der Waals surface area contributed by atoms with Crippen molar-refractivity contribution in [3.63, 3.8) is 0 Å². The van der Waals surface area contributed by atoms with Crippen molar-refractivity contribution in [1.29, 1.82) is 0 Å². The van der Waals surface area contributed by atoms with Crippen LogP contribution in [0.2, 0.25) is 0 Å². The van der Waals surface area contributed by atoms with Crippen molar-refractivity contribution in [3.8, 4) is 5.75 Å². The molecule has 1 amide bonds. The second kappa shape index (κ2) is 13.1. The zero-order chi connectivity index (χ0) is 23.3. The van der Waals surface area contributed by atoms with Crippen LogP contribution in [0.25, 0.3) is 0 Å². The highest BCUT2D eigenvalue weighted by molar-refractivity contribution is 5.87. The van der Waals surface area contributed by atoms with E-state index < -0.39 is 24.2 Å². The smallest absolute Gasteiger partial charge is 0.407 e. The summed E-state index contributed by atoms with van der Waals surface area (Å²) >= 11 is 0. The lowest BCUT2D eigenvalue weighted by Gasteiger charge is -2.24. The molecule has 0 aliphatic heterocycles. The molecule has 0 aromatic heterocycles. The molecule has 0 radical (unpaired) electrons. The number of hydrogen-bond donors (Lipinski definition) is 2. The minimum absolute atomic E-state index is 0.0118. The Hall–Kier alpha value is -3.36. The molecule has 0 heterocycles. The van der Waals surface area contributed by atoms with Gasteiger partial charge in [0.15, 0.2) is 0 Å². The molecule has 0 saturated heterocycles. The molecule has 0 aliphatic carbocycles. The van der Waals surface area contributed by atoms with Gasteiger partial charge in [-0.15, -0.1) is 0 Å². The first kappa shape index (κ1) is 24.9. The first-order chi connectivity index (χ1) is 15.4. The van der Waals surface area contributed by atoms with Crippen LogP contribution in [-0.4, -0.2) is 50.1 Å². The van der Waals surface area contributed by atoms with E-state index in [-0.39, 0.29) is 31.8 Å². The summed E-state index contributed by atoms with van der Waals surface area (Å²) in [5.74, 6) is 0.0970. The van der Waals surface area contributed by atoms with Crippen molar-refractivity contribution in [3.05, 3.63) is 77.9 Å². The number of alkyl carbamates (subject to hydrolysis) is 1. The fourth-order valence-corrected chi connectivity index (χ4v) is 2.81. The number of aliphatic hydroxyl groups is 1. The quantitative estimate of drug-likeness (QED) is 0.384. The Labute approximate surface area is 187 Å².